The highest BCUT2D eigenvalue weighted by molar-refractivity contribution is 5.91. The van der Waals surface area contributed by atoms with Gasteiger partial charge in [-0.1, -0.05) is 38.5 Å². The molecule has 0 fully saturated rings. The second-order valence-electron chi connectivity index (χ2n) is 8.70. The summed E-state index contributed by atoms with van der Waals surface area (Å²) in [5, 5.41) is 9.46. The van der Waals surface area contributed by atoms with Crippen molar-refractivity contribution in [2.45, 2.75) is 41.0 Å². The number of aromatic nitrogens is 2. The zero-order valence-corrected chi connectivity index (χ0v) is 18.2. The van der Waals surface area contributed by atoms with Gasteiger partial charge in [0, 0.05) is 35.2 Å². The molecule has 1 heterocycles. The molecular formula is C24H29N5O. The molecule has 3 rings (SSSR count). The molecule has 2 aromatic carbocycles. The number of aryl methyl sites for hydroxylation is 2. The molecule has 0 bridgehead atoms. The van der Waals surface area contributed by atoms with Crippen molar-refractivity contribution < 1.29 is 4.79 Å². The lowest BCUT2D eigenvalue weighted by atomic mass is 9.92. The Kier molecular flexibility index (Phi) is 6.35. The number of hydrogen-bond acceptors (Lipinski definition) is 5. The van der Waals surface area contributed by atoms with Crippen LogP contribution >= 0.6 is 0 Å². The van der Waals surface area contributed by atoms with Gasteiger partial charge in [0.25, 0.3) is 0 Å². The Bertz CT molecular complexity index is 1010. The predicted molar refractivity (Wildman–Crippen MR) is 124 cm³/mol. The van der Waals surface area contributed by atoms with Crippen molar-refractivity contribution in [1.82, 2.24) is 9.97 Å². The summed E-state index contributed by atoms with van der Waals surface area (Å²) in [6.45, 7) is 10.1. The molecule has 0 atom stereocenters. The summed E-state index contributed by atoms with van der Waals surface area (Å²) in [7, 11) is 0. The number of nitrogens with one attached hydrogen (secondary N) is 3. The highest BCUT2D eigenvalue weighted by Gasteiger charge is 2.15. The quantitative estimate of drug-likeness (QED) is 0.473. The Balaban J connectivity index is 1.66. The van der Waals surface area contributed by atoms with Crippen LogP contribution in [0.15, 0.2) is 54.6 Å². The molecule has 30 heavy (non-hydrogen) atoms. The Hall–Kier alpha value is -3.41. The lowest BCUT2D eigenvalue weighted by Gasteiger charge is -2.17. The molecule has 0 aliphatic heterocycles. The Morgan fingerprint density at radius 2 is 1.40 bits per heavy atom. The average molecular weight is 404 g/mol. The molecule has 1 aromatic heterocycles. The standard InChI is InChI=1S/C24H29N5O/c1-16-6-8-18(9-7-16)26-21-14-17(2)25-23(29-21)28-20-12-10-19(11-13-20)27-22(30)15-24(3,4)5/h6-14H,15H2,1-5H3,(H,27,30)(H2,25,26,28,29). The average Bonchev–Trinajstić information content (AvgIpc) is 2.63. The minimum absolute atomic E-state index is 0.0112. The first-order valence-corrected chi connectivity index (χ1v) is 10.0. The molecular weight excluding hydrogens is 374 g/mol. The Morgan fingerprint density at radius 3 is 2.03 bits per heavy atom. The van der Waals surface area contributed by atoms with Crippen LogP contribution in [0.4, 0.5) is 28.8 Å². The van der Waals surface area contributed by atoms with Crippen molar-refractivity contribution in [3.63, 3.8) is 0 Å². The van der Waals surface area contributed by atoms with Gasteiger partial charge >= 0.3 is 0 Å². The number of rotatable bonds is 6. The van der Waals surface area contributed by atoms with E-state index in [-0.39, 0.29) is 11.3 Å². The van der Waals surface area contributed by atoms with E-state index >= 15 is 0 Å². The van der Waals surface area contributed by atoms with E-state index < -0.39 is 0 Å². The van der Waals surface area contributed by atoms with Crippen molar-refractivity contribution in [2.75, 3.05) is 16.0 Å². The summed E-state index contributed by atoms with van der Waals surface area (Å²) >= 11 is 0. The van der Waals surface area contributed by atoms with Crippen molar-refractivity contribution >= 4 is 34.7 Å². The molecule has 0 saturated carbocycles. The topological polar surface area (TPSA) is 78.9 Å². The molecule has 3 N–H and O–H groups in total. The molecule has 0 aliphatic carbocycles. The SMILES string of the molecule is Cc1ccc(Nc2cc(C)nc(Nc3ccc(NC(=O)CC(C)(C)C)cc3)n2)cc1. The van der Waals surface area contributed by atoms with Gasteiger partial charge in [0.15, 0.2) is 0 Å². The fraction of sp³-hybridized carbons (Fsp3) is 0.292. The summed E-state index contributed by atoms with van der Waals surface area (Å²) in [5.41, 5.74) is 4.60. The maximum Gasteiger partial charge on any atom is 0.229 e. The third kappa shape index (κ3) is 6.58. The van der Waals surface area contributed by atoms with Gasteiger partial charge in [0.05, 0.1) is 0 Å². The van der Waals surface area contributed by atoms with Crippen LogP contribution in [0.5, 0.6) is 0 Å². The van der Waals surface area contributed by atoms with Gasteiger partial charge in [-0.3, -0.25) is 4.79 Å². The third-order valence-corrected chi connectivity index (χ3v) is 4.29. The molecule has 3 aromatic rings. The molecule has 6 nitrogen and oxygen atoms in total. The Morgan fingerprint density at radius 1 is 0.833 bits per heavy atom. The zero-order valence-electron chi connectivity index (χ0n) is 18.2. The molecule has 156 valence electrons. The van der Waals surface area contributed by atoms with E-state index in [1.54, 1.807) is 0 Å². The van der Waals surface area contributed by atoms with Crippen molar-refractivity contribution in [3.8, 4) is 0 Å². The molecule has 0 aliphatic rings. The van der Waals surface area contributed by atoms with E-state index in [0.29, 0.717) is 12.4 Å². The van der Waals surface area contributed by atoms with Crippen LogP contribution in [-0.2, 0) is 4.79 Å². The number of hydrogen-bond donors (Lipinski definition) is 3. The normalized spacial score (nSPS) is 11.1. The van der Waals surface area contributed by atoms with Gasteiger partial charge in [0.1, 0.15) is 5.82 Å². The first-order chi connectivity index (χ1) is 14.2. The first kappa shape index (κ1) is 21.3. The van der Waals surface area contributed by atoms with Crippen LogP contribution in [0.3, 0.4) is 0 Å². The van der Waals surface area contributed by atoms with E-state index in [2.05, 4.69) is 45.0 Å². The van der Waals surface area contributed by atoms with E-state index in [4.69, 9.17) is 0 Å². The van der Waals surface area contributed by atoms with E-state index in [9.17, 15) is 4.79 Å². The number of benzene rings is 2. The smallest absolute Gasteiger partial charge is 0.229 e. The first-order valence-electron chi connectivity index (χ1n) is 10.0. The number of carbonyl (C=O) groups is 1. The summed E-state index contributed by atoms with van der Waals surface area (Å²) in [5.74, 6) is 1.24. The molecule has 0 unspecified atom stereocenters. The van der Waals surface area contributed by atoms with Gasteiger partial charge in [-0.25, -0.2) is 4.98 Å². The highest BCUT2D eigenvalue weighted by Crippen LogP contribution is 2.22. The van der Waals surface area contributed by atoms with Crippen LogP contribution in [0.25, 0.3) is 0 Å². The van der Waals surface area contributed by atoms with Crippen LogP contribution < -0.4 is 16.0 Å². The molecule has 1 amide bonds. The second-order valence-corrected chi connectivity index (χ2v) is 8.70. The monoisotopic (exact) mass is 403 g/mol. The third-order valence-electron chi connectivity index (χ3n) is 4.29. The van der Waals surface area contributed by atoms with Crippen molar-refractivity contribution in [2.24, 2.45) is 5.41 Å². The minimum atomic E-state index is -0.0432. The summed E-state index contributed by atoms with van der Waals surface area (Å²) in [6, 6.07) is 17.6. The summed E-state index contributed by atoms with van der Waals surface area (Å²) in [6.07, 6.45) is 0.473. The second kappa shape index (κ2) is 8.95. The van der Waals surface area contributed by atoms with Crippen LogP contribution in [-0.4, -0.2) is 15.9 Å². The van der Waals surface area contributed by atoms with Crippen LogP contribution in [0, 0.1) is 19.3 Å². The zero-order chi connectivity index (χ0) is 21.7. The predicted octanol–water partition coefficient (Wildman–Crippen LogP) is 5.96. The maximum absolute atomic E-state index is 12.1. The maximum atomic E-state index is 12.1. The molecule has 6 heteroatoms. The van der Waals surface area contributed by atoms with Crippen molar-refractivity contribution in [1.29, 1.82) is 0 Å². The van der Waals surface area contributed by atoms with Gasteiger partial charge in [0.2, 0.25) is 11.9 Å². The van der Waals surface area contributed by atoms with Gasteiger partial charge in [-0.15, -0.1) is 0 Å². The van der Waals surface area contributed by atoms with Crippen LogP contribution in [0.2, 0.25) is 0 Å². The molecule has 0 radical (unpaired) electrons. The minimum Gasteiger partial charge on any atom is -0.340 e. The Labute approximate surface area is 178 Å². The number of anilines is 5. The highest BCUT2D eigenvalue weighted by atomic mass is 16.1. The van der Waals surface area contributed by atoms with Gasteiger partial charge < -0.3 is 16.0 Å². The number of nitrogens with zero attached hydrogens (tertiary/aromatic N) is 2. The van der Waals surface area contributed by atoms with E-state index in [0.717, 1.165) is 28.6 Å². The lowest BCUT2D eigenvalue weighted by molar-refractivity contribution is -0.117. The number of amides is 1. The van der Waals surface area contributed by atoms with Gasteiger partial charge in [-0.2, -0.15) is 4.98 Å². The molecule has 0 spiro atoms. The van der Waals surface area contributed by atoms with E-state index in [1.807, 2.05) is 70.2 Å². The summed E-state index contributed by atoms with van der Waals surface area (Å²) in [4.78, 5) is 21.1. The largest absolute Gasteiger partial charge is 0.340 e. The number of carbonyl (C=O) groups excluding carboxylic acids is 1. The van der Waals surface area contributed by atoms with Gasteiger partial charge in [-0.05, 0) is 55.7 Å². The van der Waals surface area contributed by atoms with Crippen LogP contribution in [0.1, 0.15) is 38.4 Å². The fourth-order valence-corrected chi connectivity index (χ4v) is 2.93. The van der Waals surface area contributed by atoms with Crippen molar-refractivity contribution in [3.05, 3.63) is 65.9 Å². The van der Waals surface area contributed by atoms with E-state index in [1.165, 1.54) is 5.56 Å². The lowest BCUT2D eigenvalue weighted by Crippen LogP contribution is -2.19. The molecule has 0 saturated heterocycles. The fourth-order valence-electron chi connectivity index (χ4n) is 2.93. The summed E-state index contributed by atoms with van der Waals surface area (Å²) < 4.78 is 0.